The standard InChI is InChI=1S/C62H87N13O13/c1-34(2)29-43-55(81)72-47(32-38-17-11-8-12-18-38)62(88)75-28-14-20-48(75)59(85)74-52(36(5)6)61(87)71-44(30-37-15-9-7-10-16-37)56(82)70-46(33-50(65)78)57(83)66-42(25-26-49(64)77)54(80)69-45(31-39-21-23-40(76)24-22-39)58(84)73-51(35(3)4)60(86)67-41(19-13-27-63)53(79)68-43/h7-12,15-18,21-24,34-36,41-48,51-52,76H,13-14,19-20,25-33,63H2,1-6H3,(H2,64,77)(H2,65,78)(H,66,83)(H,67,86)(H,68,79)(H,69,80)(H,70,82)(H,71,87)(H,72,81)(H,73,84)(H,74,85)/t41-,42-,43-,44-,45-,46-,47-,48-,51-,52-/m0/s1. The second kappa shape index (κ2) is 33.8. The number of fused-ring (bicyclic) bond motifs is 1. The number of aromatic hydroxyl groups is 1. The van der Waals surface area contributed by atoms with Crippen molar-refractivity contribution in [2.24, 2.45) is 35.0 Å². The summed E-state index contributed by atoms with van der Waals surface area (Å²) in [5.74, 6) is -12.3. The van der Waals surface area contributed by atoms with Crippen LogP contribution in [-0.4, -0.2) is 154 Å². The molecule has 2 heterocycles. The molecule has 0 radical (unpaired) electrons. The molecule has 10 atom stereocenters. The quantitative estimate of drug-likeness (QED) is 0.0729. The summed E-state index contributed by atoms with van der Waals surface area (Å²) in [4.78, 5) is 172. The third-order valence-corrected chi connectivity index (χ3v) is 15.2. The fraction of sp³-hybridized carbons (Fsp3) is 0.516. The van der Waals surface area contributed by atoms with E-state index in [9.17, 15) is 62.6 Å². The molecule has 0 aliphatic carbocycles. The molecule has 2 aliphatic rings. The smallest absolute Gasteiger partial charge is 0.246 e. The Morgan fingerprint density at radius 2 is 0.898 bits per heavy atom. The first-order valence-corrected chi connectivity index (χ1v) is 29.9. The Morgan fingerprint density at radius 1 is 0.489 bits per heavy atom. The van der Waals surface area contributed by atoms with Crippen molar-refractivity contribution in [3.8, 4) is 5.75 Å². The van der Waals surface area contributed by atoms with Gasteiger partial charge in [0.2, 0.25) is 70.9 Å². The summed E-state index contributed by atoms with van der Waals surface area (Å²) in [5, 5.41) is 34.2. The van der Waals surface area contributed by atoms with Gasteiger partial charge in [-0.25, -0.2) is 0 Å². The lowest BCUT2D eigenvalue weighted by Gasteiger charge is -2.32. The van der Waals surface area contributed by atoms with Gasteiger partial charge in [0.05, 0.1) is 6.42 Å². The van der Waals surface area contributed by atoms with E-state index in [2.05, 4.69) is 47.9 Å². The SMILES string of the molecule is CC(C)C[C@@H]1NC(=O)[C@H](CCCN)NC(=O)[C@H](C(C)C)NC(=O)[C@H](Cc2ccc(O)cc2)NC(=O)[C@H](CCC(N)=O)NC(=O)[C@H](CC(N)=O)NC(=O)[C@H](Cc2ccccc2)NC(=O)[C@H](C(C)C)NC(=O)[C@@H]2CCCN2C(=O)[C@H](Cc2ccccc2)NC1=O. The summed E-state index contributed by atoms with van der Waals surface area (Å²) >= 11 is 0. The molecule has 0 unspecified atom stereocenters. The van der Waals surface area contributed by atoms with Crippen LogP contribution in [0.15, 0.2) is 84.9 Å². The summed E-state index contributed by atoms with van der Waals surface area (Å²) in [6.45, 7) is 10.4. The number of hydrogen-bond donors (Lipinski definition) is 13. The number of phenols is 1. The molecule has 2 saturated heterocycles. The van der Waals surface area contributed by atoms with E-state index in [1.54, 1.807) is 88.4 Å². The van der Waals surface area contributed by atoms with Gasteiger partial charge in [0.25, 0.3) is 0 Å². The highest BCUT2D eigenvalue weighted by Gasteiger charge is 2.42. The average molecular weight is 1220 g/mol. The van der Waals surface area contributed by atoms with Crippen LogP contribution in [0.25, 0.3) is 0 Å². The normalized spacial score (nSPS) is 24.6. The topological polar surface area (TPSA) is 415 Å². The number of phenolic OH excluding ortho intramolecular Hbond substituents is 1. The Labute approximate surface area is 512 Å². The number of carbonyl (C=O) groups excluding carboxylic acids is 12. The summed E-state index contributed by atoms with van der Waals surface area (Å²) < 4.78 is 0. The van der Waals surface area contributed by atoms with E-state index in [1.807, 2.05) is 13.8 Å². The van der Waals surface area contributed by atoms with Crippen molar-refractivity contribution < 1.29 is 62.6 Å². The van der Waals surface area contributed by atoms with Gasteiger partial charge in [-0.1, -0.05) is 114 Å². The van der Waals surface area contributed by atoms with E-state index in [0.29, 0.717) is 23.1 Å². The van der Waals surface area contributed by atoms with E-state index >= 15 is 0 Å². The fourth-order valence-electron chi connectivity index (χ4n) is 10.4. The molecule has 478 valence electrons. The molecule has 12 amide bonds. The number of nitrogens with two attached hydrogens (primary N) is 3. The highest BCUT2D eigenvalue weighted by atomic mass is 16.3. The number of hydrogen-bond acceptors (Lipinski definition) is 14. The molecule has 2 fully saturated rings. The summed E-state index contributed by atoms with van der Waals surface area (Å²) in [7, 11) is 0. The molecular formula is C62H87N13O13. The fourth-order valence-corrected chi connectivity index (χ4v) is 10.4. The predicted octanol–water partition coefficient (Wildman–Crippen LogP) is -0.974. The van der Waals surface area contributed by atoms with Gasteiger partial charge in [0, 0.05) is 32.2 Å². The minimum Gasteiger partial charge on any atom is -0.508 e. The van der Waals surface area contributed by atoms with Crippen LogP contribution in [0.2, 0.25) is 0 Å². The number of carbonyl (C=O) groups is 12. The van der Waals surface area contributed by atoms with Crippen LogP contribution >= 0.6 is 0 Å². The van der Waals surface area contributed by atoms with Gasteiger partial charge in [-0.3, -0.25) is 57.5 Å². The first-order chi connectivity index (χ1) is 41.7. The van der Waals surface area contributed by atoms with E-state index in [0.717, 1.165) is 0 Å². The molecule has 26 heteroatoms. The van der Waals surface area contributed by atoms with Crippen LogP contribution in [0.5, 0.6) is 5.75 Å². The highest BCUT2D eigenvalue weighted by Crippen LogP contribution is 2.22. The van der Waals surface area contributed by atoms with Gasteiger partial charge in [0.1, 0.15) is 66.2 Å². The molecule has 0 saturated carbocycles. The summed E-state index contributed by atoms with van der Waals surface area (Å²) in [5.41, 5.74) is 18.6. The number of primary amides is 2. The Kier molecular flexibility index (Phi) is 26.8. The third kappa shape index (κ3) is 21.5. The van der Waals surface area contributed by atoms with E-state index in [4.69, 9.17) is 17.2 Å². The van der Waals surface area contributed by atoms with Gasteiger partial charge >= 0.3 is 0 Å². The molecule has 26 nitrogen and oxygen atoms in total. The van der Waals surface area contributed by atoms with Crippen molar-refractivity contribution in [1.82, 2.24) is 52.8 Å². The average Bonchev–Trinajstić information content (AvgIpc) is 3.94. The number of nitrogens with one attached hydrogen (secondary N) is 9. The second-order valence-corrected chi connectivity index (χ2v) is 23.6. The van der Waals surface area contributed by atoms with Crippen LogP contribution in [0, 0.1) is 17.8 Å². The minimum atomic E-state index is -1.83. The lowest BCUT2D eigenvalue weighted by Crippen LogP contribution is -2.62. The van der Waals surface area contributed by atoms with Crippen molar-refractivity contribution in [1.29, 1.82) is 0 Å². The van der Waals surface area contributed by atoms with Crippen molar-refractivity contribution in [3.63, 3.8) is 0 Å². The maximum Gasteiger partial charge on any atom is 0.246 e. The molecule has 0 spiro atoms. The molecule has 0 aromatic heterocycles. The second-order valence-electron chi connectivity index (χ2n) is 23.6. The summed E-state index contributed by atoms with van der Waals surface area (Å²) in [6, 6.07) is 8.51. The van der Waals surface area contributed by atoms with Gasteiger partial charge in [-0.2, -0.15) is 0 Å². The minimum absolute atomic E-state index is 0.0219. The Morgan fingerprint density at radius 3 is 1.41 bits per heavy atom. The zero-order valence-corrected chi connectivity index (χ0v) is 50.8. The van der Waals surface area contributed by atoms with E-state index in [1.165, 1.54) is 29.2 Å². The molecule has 2 aliphatic heterocycles. The first-order valence-electron chi connectivity index (χ1n) is 29.9. The molecule has 16 N–H and O–H groups in total. The van der Waals surface area contributed by atoms with Crippen molar-refractivity contribution in [2.45, 2.75) is 173 Å². The highest BCUT2D eigenvalue weighted by molar-refractivity contribution is 6.00. The zero-order chi connectivity index (χ0) is 64.8. The van der Waals surface area contributed by atoms with Crippen molar-refractivity contribution in [3.05, 3.63) is 102 Å². The molecule has 3 aromatic rings. The van der Waals surface area contributed by atoms with Crippen LogP contribution in [0.3, 0.4) is 0 Å². The lowest BCUT2D eigenvalue weighted by molar-refractivity contribution is -0.143. The number of rotatable bonds is 18. The maximum absolute atomic E-state index is 15.0. The van der Waals surface area contributed by atoms with Crippen molar-refractivity contribution >= 4 is 70.9 Å². The number of nitrogens with zero attached hydrogens (tertiary/aromatic N) is 1. The molecule has 88 heavy (non-hydrogen) atoms. The summed E-state index contributed by atoms with van der Waals surface area (Å²) in [6.07, 6.45) is -1.51. The van der Waals surface area contributed by atoms with Crippen LogP contribution < -0.4 is 65.1 Å². The van der Waals surface area contributed by atoms with Crippen LogP contribution in [0.1, 0.15) is 110 Å². The maximum atomic E-state index is 15.0. The van der Waals surface area contributed by atoms with Crippen molar-refractivity contribution in [2.75, 3.05) is 13.1 Å². The Balaban J connectivity index is 1.63. The van der Waals surface area contributed by atoms with E-state index in [-0.39, 0.29) is 69.7 Å². The van der Waals surface area contributed by atoms with E-state index < -0.39 is 162 Å². The first kappa shape index (κ1) is 69.8. The van der Waals surface area contributed by atoms with Gasteiger partial charge in [-0.15, -0.1) is 0 Å². The zero-order valence-electron chi connectivity index (χ0n) is 50.8. The van der Waals surface area contributed by atoms with Gasteiger partial charge < -0.3 is 75.1 Å². The third-order valence-electron chi connectivity index (χ3n) is 15.2. The van der Waals surface area contributed by atoms with Gasteiger partial charge in [-0.05, 0) is 91.6 Å². The molecule has 0 bridgehead atoms. The predicted molar refractivity (Wildman–Crippen MR) is 324 cm³/mol. The lowest BCUT2D eigenvalue weighted by atomic mass is 9.98. The van der Waals surface area contributed by atoms with Crippen LogP contribution in [-0.2, 0) is 76.8 Å². The molecular weight excluding hydrogens is 1130 g/mol. The van der Waals surface area contributed by atoms with Crippen LogP contribution in [0.4, 0.5) is 0 Å². The van der Waals surface area contributed by atoms with Gasteiger partial charge in [0.15, 0.2) is 0 Å². The Hall–Kier alpha value is -8.94. The Bertz CT molecular complexity index is 2930. The molecule has 3 aromatic carbocycles. The monoisotopic (exact) mass is 1220 g/mol. The number of benzene rings is 3. The number of amides is 12. The molecule has 5 rings (SSSR count). The largest absolute Gasteiger partial charge is 0.508 e.